The molecule has 1 aromatic carbocycles. The number of aliphatic hydroxyl groups is 1. The first kappa shape index (κ1) is 17.7. The number of hydrogen-bond acceptors (Lipinski definition) is 4. The van der Waals surface area contributed by atoms with Crippen molar-refractivity contribution in [2.24, 2.45) is 5.73 Å². The van der Waals surface area contributed by atoms with Gasteiger partial charge < -0.3 is 20.5 Å². The fraction of sp³-hybridized carbons (Fsp3) is 0.571. The average molecular weight is 306 g/mol. The molecule has 1 atom stereocenters. The predicted molar refractivity (Wildman–Crippen MR) is 74.0 cm³/mol. The van der Waals surface area contributed by atoms with Gasteiger partial charge in [-0.15, -0.1) is 0 Å². The van der Waals surface area contributed by atoms with Crippen LogP contribution in [0.1, 0.15) is 12.0 Å². The number of benzene rings is 1. The molecule has 0 spiro atoms. The molecule has 1 aromatic rings. The number of hydrogen-bond donors (Lipinski definition) is 2. The fourth-order valence-electron chi connectivity index (χ4n) is 1.74. The first-order valence-corrected chi connectivity index (χ1v) is 6.65. The van der Waals surface area contributed by atoms with E-state index in [4.69, 9.17) is 10.5 Å². The van der Waals surface area contributed by atoms with Crippen LogP contribution < -0.4 is 10.5 Å². The van der Waals surface area contributed by atoms with Gasteiger partial charge in [0, 0.05) is 19.6 Å². The molecule has 4 nitrogen and oxygen atoms in total. The van der Waals surface area contributed by atoms with E-state index in [1.54, 1.807) is 12.1 Å². The van der Waals surface area contributed by atoms with Crippen molar-refractivity contribution >= 4 is 0 Å². The number of likely N-dealkylation sites (N-methyl/N-ethyl adjacent to an activating group) is 1. The van der Waals surface area contributed by atoms with E-state index in [9.17, 15) is 18.3 Å². The van der Waals surface area contributed by atoms with Crippen LogP contribution in [-0.2, 0) is 6.54 Å². The highest BCUT2D eigenvalue weighted by Gasteiger charge is 2.27. The number of ether oxygens (including phenoxy) is 1. The second-order valence-electron chi connectivity index (χ2n) is 4.94. The molecule has 21 heavy (non-hydrogen) atoms. The summed E-state index contributed by atoms with van der Waals surface area (Å²) >= 11 is 0. The minimum atomic E-state index is -4.18. The van der Waals surface area contributed by atoms with Gasteiger partial charge in [0.05, 0.1) is 6.42 Å². The standard InChI is InChI=1S/C14H21F3N2O2/c1-19(7-6-14(15,16)17)9-12(20)10-21-13-4-2-11(8-18)3-5-13/h2-5,12,20H,6-10,18H2,1H3. The second kappa shape index (κ2) is 8.21. The molecule has 0 aliphatic heterocycles. The van der Waals surface area contributed by atoms with Crippen molar-refractivity contribution in [3.63, 3.8) is 0 Å². The highest BCUT2D eigenvalue weighted by atomic mass is 19.4. The van der Waals surface area contributed by atoms with Crippen LogP contribution in [0.25, 0.3) is 0 Å². The van der Waals surface area contributed by atoms with Crippen LogP contribution in [0.3, 0.4) is 0 Å². The largest absolute Gasteiger partial charge is 0.491 e. The molecule has 0 amide bonds. The van der Waals surface area contributed by atoms with Crippen molar-refractivity contribution < 1.29 is 23.0 Å². The van der Waals surface area contributed by atoms with Crippen molar-refractivity contribution in [1.82, 2.24) is 4.90 Å². The first-order valence-electron chi connectivity index (χ1n) is 6.65. The molecule has 1 rings (SSSR count). The maximum atomic E-state index is 12.1. The molecule has 0 heterocycles. The molecule has 120 valence electrons. The van der Waals surface area contributed by atoms with Crippen LogP contribution in [0.5, 0.6) is 5.75 Å². The lowest BCUT2D eigenvalue weighted by Crippen LogP contribution is -2.35. The van der Waals surface area contributed by atoms with Gasteiger partial charge in [-0.1, -0.05) is 12.1 Å². The molecule has 0 fully saturated rings. The third-order valence-electron chi connectivity index (χ3n) is 2.90. The van der Waals surface area contributed by atoms with Gasteiger partial charge in [0.2, 0.25) is 0 Å². The molecule has 0 saturated heterocycles. The Labute approximate surface area is 122 Å². The highest BCUT2D eigenvalue weighted by molar-refractivity contribution is 5.27. The maximum absolute atomic E-state index is 12.1. The van der Waals surface area contributed by atoms with Crippen molar-refractivity contribution in [3.05, 3.63) is 29.8 Å². The summed E-state index contributed by atoms with van der Waals surface area (Å²) in [4.78, 5) is 1.43. The number of alkyl halides is 3. The number of rotatable bonds is 8. The van der Waals surface area contributed by atoms with Gasteiger partial charge in [-0.2, -0.15) is 13.2 Å². The van der Waals surface area contributed by atoms with E-state index >= 15 is 0 Å². The Hall–Kier alpha value is -1.31. The van der Waals surface area contributed by atoms with Crippen LogP contribution in [0.2, 0.25) is 0 Å². The van der Waals surface area contributed by atoms with Gasteiger partial charge in [-0.05, 0) is 24.7 Å². The van der Waals surface area contributed by atoms with Crippen molar-refractivity contribution in [3.8, 4) is 5.75 Å². The number of aliphatic hydroxyl groups excluding tert-OH is 1. The molecule has 0 aromatic heterocycles. The summed E-state index contributed by atoms with van der Waals surface area (Å²) in [6.07, 6.45) is -5.92. The molecular formula is C14H21F3N2O2. The lowest BCUT2D eigenvalue weighted by molar-refractivity contribution is -0.138. The predicted octanol–water partition coefficient (Wildman–Crippen LogP) is 1.77. The summed E-state index contributed by atoms with van der Waals surface area (Å²) in [6.45, 7) is 0.438. The van der Waals surface area contributed by atoms with Crippen molar-refractivity contribution in [2.45, 2.75) is 25.2 Å². The molecule has 0 aliphatic carbocycles. The molecule has 0 aliphatic rings. The van der Waals surface area contributed by atoms with E-state index in [2.05, 4.69) is 0 Å². The SMILES string of the molecule is CN(CCC(F)(F)F)CC(O)COc1ccc(CN)cc1. The third kappa shape index (κ3) is 7.89. The summed E-state index contributed by atoms with van der Waals surface area (Å²) < 4.78 is 41.6. The van der Waals surface area contributed by atoms with Crippen molar-refractivity contribution in [1.29, 1.82) is 0 Å². The summed E-state index contributed by atoms with van der Waals surface area (Å²) in [5, 5.41) is 9.74. The van der Waals surface area contributed by atoms with Gasteiger partial charge in [0.25, 0.3) is 0 Å². The van der Waals surface area contributed by atoms with Gasteiger partial charge in [0.15, 0.2) is 0 Å². The second-order valence-corrected chi connectivity index (χ2v) is 4.94. The Morgan fingerprint density at radius 1 is 1.29 bits per heavy atom. The van der Waals surface area contributed by atoms with Crippen molar-refractivity contribution in [2.75, 3.05) is 26.7 Å². The molecule has 0 saturated carbocycles. The Bertz CT molecular complexity index is 410. The van der Waals surface area contributed by atoms with Gasteiger partial charge >= 0.3 is 6.18 Å². The highest BCUT2D eigenvalue weighted by Crippen LogP contribution is 2.19. The lowest BCUT2D eigenvalue weighted by atomic mass is 10.2. The fourth-order valence-corrected chi connectivity index (χ4v) is 1.74. The Morgan fingerprint density at radius 3 is 2.43 bits per heavy atom. The van der Waals surface area contributed by atoms with Crippen LogP contribution in [0, 0.1) is 0 Å². The van der Waals surface area contributed by atoms with E-state index in [0.717, 1.165) is 5.56 Å². The average Bonchev–Trinajstić information content (AvgIpc) is 2.43. The zero-order chi connectivity index (χ0) is 15.9. The molecule has 3 N–H and O–H groups in total. The monoisotopic (exact) mass is 306 g/mol. The minimum absolute atomic E-state index is 0.0261. The van der Waals surface area contributed by atoms with E-state index in [1.807, 2.05) is 12.1 Å². The summed E-state index contributed by atoms with van der Waals surface area (Å²) in [5.74, 6) is 0.587. The van der Waals surface area contributed by atoms with Crippen LogP contribution >= 0.6 is 0 Å². The quantitative estimate of drug-likeness (QED) is 0.768. The molecule has 1 unspecified atom stereocenters. The number of nitrogens with zero attached hydrogens (tertiary/aromatic N) is 1. The zero-order valence-electron chi connectivity index (χ0n) is 11.9. The third-order valence-corrected chi connectivity index (χ3v) is 2.90. The normalized spacial score (nSPS) is 13.5. The minimum Gasteiger partial charge on any atom is -0.491 e. The summed E-state index contributed by atoms with van der Waals surface area (Å²) in [7, 11) is 1.53. The number of halogens is 3. The molecule has 0 radical (unpaired) electrons. The topological polar surface area (TPSA) is 58.7 Å². The Kier molecular flexibility index (Phi) is 6.94. The van der Waals surface area contributed by atoms with Crippen LogP contribution in [-0.4, -0.2) is 49.0 Å². The van der Waals surface area contributed by atoms with E-state index in [0.29, 0.717) is 12.3 Å². The first-order chi connectivity index (χ1) is 9.80. The van der Waals surface area contributed by atoms with Crippen LogP contribution in [0.4, 0.5) is 13.2 Å². The van der Waals surface area contributed by atoms with E-state index in [-0.39, 0.29) is 19.7 Å². The molecule has 7 heteroatoms. The van der Waals surface area contributed by atoms with E-state index < -0.39 is 18.7 Å². The Balaban J connectivity index is 2.27. The van der Waals surface area contributed by atoms with Gasteiger partial charge in [0.1, 0.15) is 18.5 Å². The Morgan fingerprint density at radius 2 is 1.90 bits per heavy atom. The van der Waals surface area contributed by atoms with Gasteiger partial charge in [-0.25, -0.2) is 0 Å². The molecular weight excluding hydrogens is 285 g/mol. The van der Waals surface area contributed by atoms with E-state index in [1.165, 1.54) is 11.9 Å². The zero-order valence-corrected chi connectivity index (χ0v) is 11.9. The lowest BCUT2D eigenvalue weighted by Gasteiger charge is -2.21. The summed E-state index contributed by atoms with van der Waals surface area (Å²) in [5.41, 5.74) is 6.44. The van der Waals surface area contributed by atoms with Crippen LogP contribution in [0.15, 0.2) is 24.3 Å². The summed E-state index contributed by atoms with van der Waals surface area (Å²) in [6, 6.07) is 7.11. The maximum Gasteiger partial charge on any atom is 0.390 e. The smallest absolute Gasteiger partial charge is 0.390 e. The van der Waals surface area contributed by atoms with Gasteiger partial charge in [-0.3, -0.25) is 0 Å². The molecule has 0 bridgehead atoms. The number of nitrogens with two attached hydrogens (primary N) is 1.